The van der Waals surface area contributed by atoms with E-state index in [-0.39, 0.29) is 37.1 Å². The van der Waals surface area contributed by atoms with Gasteiger partial charge in [0.25, 0.3) is 5.91 Å². The van der Waals surface area contributed by atoms with Gasteiger partial charge in [-0.25, -0.2) is 9.97 Å². The molecule has 0 saturated heterocycles. The summed E-state index contributed by atoms with van der Waals surface area (Å²) in [4.78, 5) is 36.5. The highest BCUT2D eigenvalue weighted by atomic mass is 35.5. The van der Waals surface area contributed by atoms with E-state index >= 15 is 0 Å². The number of hydrogen-bond donors (Lipinski definition) is 4. The maximum atomic E-state index is 13.2. The van der Waals surface area contributed by atoms with Gasteiger partial charge in [-0.2, -0.15) is 0 Å². The van der Waals surface area contributed by atoms with E-state index in [1.807, 2.05) is 12.1 Å². The van der Waals surface area contributed by atoms with E-state index in [4.69, 9.17) is 16.3 Å². The number of aliphatic hydroxyl groups excluding tert-OH is 2. The van der Waals surface area contributed by atoms with Gasteiger partial charge < -0.3 is 30.5 Å². The molecule has 210 valence electrons. The highest BCUT2D eigenvalue weighted by Gasteiger charge is 2.30. The summed E-state index contributed by atoms with van der Waals surface area (Å²) in [6.45, 7) is -0.153. The minimum Gasteiger partial charge on any atom is -0.497 e. The third-order valence-corrected chi connectivity index (χ3v) is 7.66. The Bertz CT molecular complexity index is 1390. The number of aromatic nitrogens is 2. The second kappa shape index (κ2) is 12.2. The van der Waals surface area contributed by atoms with E-state index < -0.39 is 6.04 Å². The fourth-order valence-corrected chi connectivity index (χ4v) is 5.38. The molecule has 0 bridgehead atoms. The zero-order valence-electron chi connectivity index (χ0n) is 22.1. The van der Waals surface area contributed by atoms with Crippen molar-refractivity contribution in [3.63, 3.8) is 0 Å². The van der Waals surface area contributed by atoms with Crippen molar-refractivity contribution in [3.05, 3.63) is 70.4 Å². The first-order valence-corrected chi connectivity index (χ1v) is 13.7. The molecule has 11 heteroatoms. The number of carbonyl (C=O) groups excluding carboxylic acids is 2. The number of carbonyl (C=O) groups is 2. The van der Waals surface area contributed by atoms with Gasteiger partial charge in [0.1, 0.15) is 12.3 Å². The zero-order valence-corrected chi connectivity index (χ0v) is 22.9. The number of rotatable bonds is 9. The number of ether oxygens (including phenoxy) is 1. The van der Waals surface area contributed by atoms with Gasteiger partial charge in [-0.1, -0.05) is 35.9 Å². The van der Waals surface area contributed by atoms with Crippen molar-refractivity contribution in [3.8, 4) is 17.0 Å². The van der Waals surface area contributed by atoms with Crippen LogP contribution in [0.2, 0.25) is 5.02 Å². The minimum atomic E-state index is -0.629. The van der Waals surface area contributed by atoms with E-state index in [1.165, 1.54) is 11.1 Å². The number of methoxy groups -OCH3 is 1. The number of aliphatic hydroxyl groups is 2. The van der Waals surface area contributed by atoms with Crippen LogP contribution in [0.1, 0.15) is 53.2 Å². The van der Waals surface area contributed by atoms with E-state index in [0.29, 0.717) is 45.6 Å². The van der Waals surface area contributed by atoms with Gasteiger partial charge in [-0.15, -0.1) is 0 Å². The Balaban J connectivity index is 1.26. The molecule has 1 aromatic heterocycles. The number of benzene rings is 2. The van der Waals surface area contributed by atoms with Gasteiger partial charge >= 0.3 is 0 Å². The molecule has 10 nitrogen and oxygen atoms in total. The van der Waals surface area contributed by atoms with E-state index in [0.717, 1.165) is 31.2 Å². The summed E-state index contributed by atoms with van der Waals surface area (Å²) >= 11 is 6.45. The van der Waals surface area contributed by atoms with E-state index in [9.17, 15) is 19.8 Å². The van der Waals surface area contributed by atoms with Crippen LogP contribution in [0.3, 0.4) is 0 Å². The molecule has 40 heavy (non-hydrogen) atoms. The first kappa shape index (κ1) is 27.8. The second-order valence-electron chi connectivity index (χ2n) is 10.2. The molecule has 1 saturated carbocycles. The number of nitrogens with zero attached hydrogens (tertiary/aromatic N) is 3. The van der Waals surface area contributed by atoms with Gasteiger partial charge in [0.2, 0.25) is 11.9 Å². The Labute approximate surface area is 237 Å². The van der Waals surface area contributed by atoms with Crippen molar-refractivity contribution < 1.29 is 24.5 Å². The van der Waals surface area contributed by atoms with Crippen LogP contribution in [0.4, 0.5) is 5.95 Å². The lowest BCUT2D eigenvalue weighted by Crippen LogP contribution is -2.40. The summed E-state index contributed by atoms with van der Waals surface area (Å²) in [6, 6.07) is 12.1. The number of amides is 2. The topological polar surface area (TPSA) is 137 Å². The molecular formula is C29H32ClN5O5. The first-order valence-electron chi connectivity index (χ1n) is 13.3. The average molecular weight is 566 g/mol. The number of fused-ring (bicyclic) bond motifs is 1. The van der Waals surface area contributed by atoms with Gasteiger partial charge in [0, 0.05) is 23.7 Å². The van der Waals surface area contributed by atoms with Crippen molar-refractivity contribution in [2.75, 3.05) is 25.6 Å². The molecule has 2 aliphatic rings. The molecule has 1 aliphatic heterocycles. The largest absolute Gasteiger partial charge is 0.497 e. The Hall–Kier alpha value is -3.73. The fourth-order valence-electron chi connectivity index (χ4n) is 5.18. The molecule has 4 N–H and O–H groups in total. The van der Waals surface area contributed by atoms with Crippen molar-refractivity contribution >= 4 is 29.4 Å². The summed E-state index contributed by atoms with van der Waals surface area (Å²) < 4.78 is 5.23. The predicted molar refractivity (Wildman–Crippen MR) is 150 cm³/mol. The SMILES string of the molecule is COc1cccc(C(CO)NC(=O)CN2Cc3ccc(-c4nc(NC5CCC(O)CC5)ncc4Cl)cc3C2=O)c1. The van der Waals surface area contributed by atoms with Crippen LogP contribution in [0.25, 0.3) is 11.3 Å². The Morgan fingerprint density at radius 1 is 1.20 bits per heavy atom. The zero-order chi connectivity index (χ0) is 28.2. The lowest BCUT2D eigenvalue weighted by atomic mass is 9.93. The molecule has 1 unspecified atom stereocenters. The molecule has 5 rings (SSSR count). The third-order valence-electron chi connectivity index (χ3n) is 7.38. The van der Waals surface area contributed by atoms with Crippen molar-refractivity contribution in [2.24, 2.45) is 0 Å². The van der Waals surface area contributed by atoms with Crippen molar-refractivity contribution in [1.29, 1.82) is 0 Å². The van der Waals surface area contributed by atoms with Crippen LogP contribution in [0.5, 0.6) is 5.75 Å². The minimum absolute atomic E-state index is 0.151. The van der Waals surface area contributed by atoms with Crippen LogP contribution in [0, 0.1) is 0 Å². The maximum absolute atomic E-state index is 13.2. The van der Waals surface area contributed by atoms with Crippen LogP contribution < -0.4 is 15.4 Å². The molecule has 2 amide bonds. The molecule has 1 atom stereocenters. The smallest absolute Gasteiger partial charge is 0.254 e. The van der Waals surface area contributed by atoms with Crippen LogP contribution in [-0.4, -0.2) is 69.3 Å². The molecule has 1 fully saturated rings. The molecule has 0 spiro atoms. The fraction of sp³-hybridized carbons (Fsp3) is 0.379. The third kappa shape index (κ3) is 6.19. The molecule has 1 aliphatic carbocycles. The molecule has 3 aromatic rings. The van der Waals surface area contributed by atoms with Gasteiger partial charge in [0.15, 0.2) is 0 Å². The van der Waals surface area contributed by atoms with Crippen LogP contribution in [-0.2, 0) is 11.3 Å². The first-order chi connectivity index (χ1) is 19.3. The van der Waals surface area contributed by atoms with Crippen LogP contribution in [0.15, 0.2) is 48.7 Å². The second-order valence-corrected chi connectivity index (χ2v) is 10.6. The molecule has 2 aromatic carbocycles. The van der Waals surface area contributed by atoms with Gasteiger partial charge in [-0.05, 0) is 55.0 Å². The quantitative estimate of drug-likeness (QED) is 0.310. The monoisotopic (exact) mass is 565 g/mol. The van der Waals surface area contributed by atoms with E-state index in [2.05, 4.69) is 20.6 Å². The van der Waals surface area contributed by atoms with Crippen molar-refractivity contribution in [2.45, 2.75) is 50.4 Å². The molecule has 2 heterocycles. The van der Waals surface area contributed by atoms with E-state index in [1.54, 1.807) is 37.4 Å². The Morgan fingerprint density at radius 2 is 2.00 bits per heavy atom. The molecular weight excluding hydrogens is 534 g/mol. The van der Waals surface area contributed by atoms with Crippen LogP contribution >= 0.6 is 11.6 Å². The maximum Gasteiger partial charge on any atom is 0.254 e. The lowest BCUT2D eigenvalue weighted by molar-refractivity contribution is -0.122. The Morgan fingerprint density at radius 3 is 2.75 bits per heavy atom. The Kier molecular flexibility index (Phi) is 8.49. The number of anilines is 1. The average Bonchev–Trinajstić information content (AvgIpc) is 3.27. The summed E-state index contributed by atoms with van der Waals surface area (Å²) in [6.07, 6.45) is 4.42. The number of nitrogens with one attached hydrogen (secondary N) is 2. The summed E-state index contributed by atoms with van der Waals surface area (Å²) in [5.41, 5.74) is 3.17. The van der Waals surface area contributed by atoms with Gasteiger partial charge in [0.05, 0.1) is 42.8 Å². The van der Waals surface area contributed by atoms with Crippen molar-refractivity contribution in [1.82, 2.24) is 20.2 Å². The standard InChI is InChI=1S/C29H32ClN5O5/c1-40-22-4-2-3-17(11-22)25(16-36)33-26(38)15-35-14-19-6-5-18(12-23(19)28(35)39)27-24(30)13-31-29(34-27)32-20-7-9-21(37)10-8-20/h2-6,11-13,20-21,25,36-37H,7-10,14-16H2,1H3,(H,33,38)(H,31,32,34). The highest BCUT2D eigenvalue weighted by molar-refractivity contribution is 6.33. The predicted octanol–water partition coefficient (Wildman–Crippen LogP) is 3.33. The number of halogens is 1. The normalized spacial score (nSPS) is 19.2. The summed E-state index contributed by atoms with van der Waals surface area (Å²) in [7, 11) is 1.55. The highest BCUT2D eigenvalue weighted by Crippen LogP contribution is 2.32. The summed E-state index contributed by atoms with van der Waals surface area (Å²) in [5.74, 6) is 0.415. The summed E-state index contributed by atoms with van der Waals surface area (Å²) in [5, 5.41) is 26.1. The molecule has 0 radical (unpaired) electrons. The number of hydrogen-bond acceptors (Lipinski definition) is 8. The lowest BCUT2D eigenvalue weighted by Gasteiger charge is -2.26. The van der Waals surface area contributed by atoms with Gasteiger partial charge in [-0.3, -0.25) is 9.59 Å².